The van der Waals surface area contributed by atoms with E-state index >= 15 is 0 Å². The first kappa shape index (κ1) is 17.8. The molecule has 2 aliphatic heterocycles. The lowest BCUT2D eigenvalue weighted by Gasteiger charge is -2.36. The van der Waals surface area contributed by atoms with Gasteiger partial charge in [0.25, 0.3) is 0 Å². The Labute approximate surface area is 160 Å². The molecule has 0 aliphatic carbocycles. The lowest BCUT2D eigenvalue weighted by molar-refractivity contribution is 0.222. The Morgan fingerprint density at radius 1 is 0.692 bits per heavy atom. The lowest BCUT2D eigenvalue weighted by atomic mass is 10.1. The molecule has 4 nitrogen and oxygen atoms in total. The van der Waals surface area contributed by atoms with Crippen molar-refractivity contribution in [2.75, 3.05) is 44.2 Å². The van der Waals surface area contributed by atoms with E-state index in [1.165, 1.54) is 47.8 Å². The van der Waals surface area contributed by atoms with Gasteiger partial charge in [-0.2, -0.15) is 0 Å². The second-order valence-corrected chi connectivity index (χ2v) is 8.74. The molecule has 0 bridgehead atoms. The fourth-order valence-electron chi connectivity index (χ4n) is 3.98. The number of aromatic hydroxyl groups is 1. The Hall–Kier alpha value is -1.56. The topological polar surface area (TPSA) is 30.0 Å². The summed E-state index contributed by atoms with van der Waals surface area (Å²) in [7, 11) is 0. The SMILES string of the molecule is Oc1ccc(N2CCN(Cc3ccc(CN4CCCCC4)s3)CC2)cc1. The number of piperazine rings is 1. The number of benzene rings is 1. The van der Waals surface area contributed by atoms with Gasteiger partial charge >= 0.3 is 0 Å². The van der Waals surface area contributed by atoms with Crippen molar-refractivity contribution in [1.29, 1.82) is 0 Å². The van der Waals surface area contributed by atoms with Crippen LogP contribution in [-0.4, -0.2) is 54.2 Å². The van der Waals surface area contributed by atoms with Crippen molar-refractivity contribution in [2.24, 2.45) is 0 Å². The van der Waals surface area contributed by atoms with Gasteiger partial charge in [-0.3, -0.25) is 9.80 Å². The van der Waals surface area contributed by atoms with Crippen LogP contribution < -0.4 is 4.90 Å². The molecule has 1 aromatic carbocycles. The molecule has 2 aliphatic rings. The monoisotopic (exact) mass is 371 g/mol. The van der Waals surface area contributed by atoms with E-state index in [1.807, 2.05) is 23.5 Å². The molecule has 2 aromatic rings. The molecule has 0 atom stereocenters. The number of nitrogens with zero attached hydrogens (tertiary/aromatic N) is 3. The van der Waals surface area contributed by atoms with Gasteiger partial charge in [-0.1, -0.05) is 6.42 Å². The average molecular weight is 372 g/mol. The second kappa shape index (κ2) is 8.42. The van der Waals surface area contributed by atoms with E-state index in [2.05, 4.69) is 26.8 Å². The molecule has 1 aromatic heterocycles. The van der Waals surface area contributed by atoms with Crippen LogP contribution in [-0.2, 0) is 13.1 Å². The third-order valence-electron chi connectivity index (χ3n) is 5.51. The first-order valence-corrected chi connectivity index (χ1v) is 10.6. The number of hydrogen-bond donors (Lipinski definition) is 1. The highest BCUT2D eigenvalue weighted by Gasteiger charge is 2.18. The van der Waals surface area contributed by atoms with Crippen LogP contribution in [0.3, 0.4) is 0 Å². The Morgan fingerprint density at radius 2 is 1.27 bits per heavy atom. The molecule has 0 radical (unpaired) electrons. The summed E-state index contributed by atoms with van der Waals surface area (Å²) in [5.41, 5.74) is 1.21. The van der Waals surface area contributed by atoms with Gasteiger partial charge in [0.05, 0.1) is 0 Å². The number of phenols is 1. The maximum absolute atomic E-state index is 9.44. The van der Waals surface area contributed by atoms with E-state index in [1.54, 1.807) is 12.1 Å². The Kier molecular flexibility index (Phi) is 5.78. The number of hydrogen-bond acceptors (Lipinski definition) is 5. The normalized spacial score (nSPS) is 19.8. The highest BCUT2D eigenvalue weighted by Crippen LogP contribution is 2.24. The molecule has 2 saturated heterocycles. The molecule has 2 fully saturated rings. The molecule has 1 N–H and O–H groups in total. The van der Waals surface area contributed by atoms with Crippen LogP contribution in [0.1, 0.15) is 29.0 Å². The highest BCUT2D eigenvalue weighted by molar-refractivity contribution is 7.11. The van der Waals surface area contributed by atoms with Crippen molar-refractivity contribution >= 4 is 17.0 Å². The number of anilines is 1. The molecular formula is C21H29N3OS. The van der Waals surface area contributed by atoms with Crippen LogP contribution in [0.5, 0.6) is 5.75 Å². The van der Waals surface area contributed by atoms with Crippen LogP contribution >= 0.6 is 11.3 Å². The van der Waals surface area contributed by atoms with Crippen molar-refractivity contribution in [3.8, 4) is 5.75 Å². The molecule has 140 valence electrons. The molecule has 5 heteroatoms. The van der Waals surface area contributed by atoms with Crippen LogP contribution in [0.4, 0.5) is 5.69 Å². The molecule has 0 saturated carbocycles. The molecule has 0 unspecified atom stereocenters. The number of thiophene rings is 1. The third-order valence-corrected chi connectivity index (χ3v) is 6.57. The van der Waals surface area contributed by atoms with Gasteiger partial charge in [-0.15, -0.1) is 11.3 Å². The lowest BCUT2D eigenvalue weighted by Crippen LogP contribution is -2.45. The molecule has 0 spiro atoms. The van der Waals surface area contributed by atoms with Gasteiger partial charge in [0, 0.05) is 54.7 Å². The van der Waals surface area contributed by atoms with E-state index in [9.17, 15) is 5.11 Å². The Balaban J connectivity index is 1.26. The predicted molar refractivity (Wildman–Crippen MR) is 109 cm³/mol. The zero-order valence-electron chi connectivity index (χ0n) is 15.4. The number of piperidine rings is 1. The quantitative estimate of drug-likeness (QED) is 0.867. The van der Waals surface area contributed by atoms with Gasteiger partial charge < -0.3 is 10.0 Å². The maximum Gasteiger partial charge on any atom is 0.115 e. The summed E-state index contributed by atoms with van der Waals surface area (Å²) in [4.78, 5) is 10.6. The smallest absolute Gasteiger partial charge is 0.115 e. The van der Waals surface area contributed by atoms with Gasteiger partial charge in [0.2, 0.25) is 0 Å². The van der Waals surface area contributed by atoms with Crippen molar-refractivity contribution in [2.45, 2.75) is 32.4 Å². The van der Waals surface area contributed by atoms with Crippen LogP contribution in [0.15, 0.2) is 36.4 Å². The van der Waals surface area contributed by atoms with E-state index < -0.39 is 0 Å². The molecular weight excluding hydrogens is 342 g/mol. The van der Waals surface area contributed by atoms with Gasteiger partial charge in [-0.05, 0) is 62.3 Å². The molecule has 0 amide bonds. The minimum atomic E-state index is 0.338. The first-order valence-electron chi connectivity index (χ1n) is 9.82. The molecule has 4 rings (SSSR count). The fourth-order valence-corrected chi connectivity index (χ4v) is 5.08. The average Bonchev–Trinajstić information content (AvgIpc) is 3.11. The zero-order chi connectivity index (χ0) is 17.8. The first-order chi connectivity index (χ1) is 12.8. The van der Waals surface area contributed by atoms with Gasteiger partial charge in [0.1, 0.15) is 5.75 Å². The van der Waals surface area contributed by atoms with Crippen LogP contribution in [0.2, 0.25) is 0 Å². The van der Waals surface area contributed by atoms with Crippen LogP contribution in [0.25, 0.3) is 0 Å². The number of likely N-dealkylation sites (tertiary alicyclic amines) is 1. The molecule has 3 heterocycles. The van der Waals surface area contributed by atoms with Crippen molar-refractivity contribution in [3.05, 3.63) is 46.2 Å². The van der Waals surface area contributed by atoms with Crippen LogP contribution in [0, 0.1) is 0 Å². The predicted octanol–water partition coefficient (Wildman–Crippen LogP) is 3.76. The van der Waals surface area contributed by atoms with Gasteiger partial charge in [0.15, 0.2) is 0 Å². The maximum atomic E-state index is 9.44. The van der Waals surface area contributed by atoms with Gasteiger partial charge in [-0.25, -0.2) is 0 Å². The van der Waals surface area contributed by atoms with Crippen molar-refractivity contribution in [3.63, 3.8) is 0 Å². The summed E-state index contributed by atoms with van der Waals surface area (Å²) >= 11 is 1.99. The summed E-state index contributed by atoms with van der Waals surface area (Å²) in [6.45, 7) is 9.06. The highest BCUT2D eigenvalue weighted by atomic mass is 32.1. The Bertz CT molecular complexity index is 686. The van der Waals surface area contributed by atoms with E-state index in [0.29, 0.717) is 5.75 Å². The Morgan fingerprint density at radius 3 is 1.88 bits per heavy atom. The summed E-state index contributed by atoms with van der Waals surface area (Å²) in [5.74, 6) is 0.338. The minimum Gasteiger partial charge on any atom is -0.508 e. The summed E-state index contributed by atoms with van der Waals surface area (Å²) in [6.07, 6.45) is 4.13. The minimum absolute atomic E-state index is 0.338. The zero-order valence-corrected chi connectivity index (χ0v) is 16.3. The second-order valence-electron chi connectivity index (χ2n) is 7.48. The number of phenolic OH excluding ortho intramolecular Hbond substituents is 1. The van der Waals surface area contributed by atoms with E-state index in [0.717, 1.165) is 39.3 Å². The van der Waals surface area contributed by atoms with E-state index in [-0.39, 0.29) is 0 Å². The molecule has 26 heavy (non-hydrogen) atoms. The van der Waals surface area contributed by atoms with E-state index in [4.69, 9.17) is 0 Å². The van der Waals surface area contributed by atoms with Crippen molar-refractivity contribution in [1.82, 2.24) is 9.80 Å². The number of rotatable bonds is 5. The largest absolute Gasteiger partial charge is 0.508 e. The third kappa shape index (κ3) is 4.58. The summed E-state index contributed by atoms with van der Waals surface area (Å²) in [6, 6.07) is 12.2. The summed E-state index contributed by atoms with van der Waals surface area (Å²) < 4.78 is 0. The fraction of sp³-hybridized carbons (Fsp3) is 0.524. The summed E-state index contributed by atoms with van der Waals surface area (Å²) in [5, 5.41) is 9.44. The van der Waals surface area contributed by atoms with Crippen molar-refractivity contribution < 1.29 is 5.11 Å². The standard InChI is InChI=1S/C21H29N3OS/c25-19-6-4-18(5-7-19)24-14-12-23(13-15-24)17-21-9-8-20(26-21)16-22-10-2-1-3-11-22/h4-9,25H,1-3,10-17H2.